The van der Waals surface area contributed by atoms with Gasteiger partial charge in [-0.3, -0.25) is 9.13 Å². The molecule has 0 amide bonds. The lowest BCUT2D eigenvalue weighted by atomic mass is 10.1. The summed E-state index contributed by atoms with van der Waals surface area (Å²) < 4.78 is 3.22. The van der Waals surface area contributed by atoms with Gasteiger partial charge in [-0.15, -0.1) is 0 Å². The van der Waals surface area contributed by atoms with Gasteiger partial charge in [0.15, 0.2) is 0 Å². The van der Waals surface area contributed by atoms with Gasteiger partial charge in [0, 0.05) is 7.05 Å². The van der Waals surface area contributed by atoms with Gasteiger partial charge in [-0.05, 0) is 17.7 Å². The summed E-state index contributed by atoms with van der Waals surface area (Å²) in [6, 6.07) is 17.0. The van der Waals surface area contributed by atoms with Crippen LogP contribution in [0.2, 0.25) is 0 Å². The Morgan fingerprint density at radius 3 is 2.30 bits per heavy atom. The van der Waals surface area contributed by atoms with Gasteiger partial charge >= 0.3 is 5.69 Å². The van der Waals surface area contributed by atoms with Gasteiger partial charge in [-0.25, -0.2) is 4.79 Å². The molecule has 1 atom stereocenters. The van der Waals surface area contributed by atoms with Crippen molar-refractivity contribution in [2.24, 2.45) is 7.05 Å². The number of fused-ring (bicyclic) bond motifs is 1. The number of aryl methyl sites for hydroxylation is 1. The number of rotatable bonds is 3. The predicted octanol–water partition coefficient (Wildman–Crippen LogP) is 2.07. The first-order valence-corrected chi connectivity index (χ1v) is 6.56. The Bertz CT molecular complexity index is 787. The number of hydrogen-bond acceptors (Lipinski definition) is 2. The fraction of sp³-hybridized carbons (Fsp3) is 0.188. The number of nitrogens with zero attached hydrogens (tertiary/aromatic N) is 2. The molecule has 3 rings (SSSR count). The third-order valence-corrected chi connectivity index (χ3v) is 3.59. The van der Waals surface area contributed by atoms with Crippen LogP contribution in [0.4, 0.5) is 0 Å². The van der Waals surface area contributed by atoms with Crippen LogP contribution in [0.3, 0.4) is 0 Å². The van der Waals surface area contributed by atoms with Crippen molar-refractivity contribution in [3.8, 4) is 0 Å². The number of hydrogen-bond donors (Lipinski definition) is 1. The van der Waals surface area contributed by atoms with E-state index in [2.05, 4.69) is 0 Å². The molecule has 1 heterocycles. The normalized spacial score (nSPS) is 12.7. The molecule has 0 aliphatic heterocycles. The van der Waals surface area contributed by atoms with E-state index in [1.54, 1.807) is 16.2 Å². The molecule has 0 radical (unpaired) electrons. The highest BCUT2D eigenvalue weighted by Gasteiger charge is 2.14. The van der Waals surface area contributed by atoms with Crippen LogP contribution in [0, 0.1) is 0 Å². The molecule has 0 aliphatic carbocycles. The molecule has 1 aromatic heterocycles. The molecule has 0 aliphatic rings. The molecule has 0 saturated carbocycles. The van der Waals surface area contributed by atoms with Crippen molar-refractivity contribution >= 4 is 11.0 Å². The second kappa shape index (κ2) is 4.98. The van der Waals surface area contributed by atoms with Crippen LogP contribution in [-0.2, 0) is 13.6 Å². The lowest BCUT2D eigenvalue weighted by molar-refractivity contribution is 0.156. The SMILES string of the molecule is Cn1c(=O)n(CC(O)c2ccccc2)c2ccccc21. The van der Waals surface area contributed by atoms with E-state index in [9.17, 15) is 9.90 Å². The lowest BCUT2D eigenvalue weighted by Gasteiger charge is -2.11. The minimum absolute atomic E-state index is 0.110. The molecular weight excluding hydrogens is 252 g/mol. The topological polar surface area (TPSA) is 47.2 Å². The summed E-state index contributed by atoms with van der Waals surface area (Å²) in [4.78, 5) is 12.3. The highest BCUT2D eigenvalue weighted by atomic mass is 16.3. The van der Waals surface area contributed by atoms with Crippen LogP contribution in [0.25, 0.3) is 11.0 Å². The Kier molecular flexibility index (Phi) is 3.16. The largest absolute Gasteiger partial charge is 0.387 e. The van der Waals surface area contributed by atoms with Crippen LogP contribution in [0.1, 0.15) is 11.7 Å². The van der Waals surface area contributed by atoms with E-state index in [-0.39, 0.29) is 12.2 Å². The molecule has 20 heavy (non-hydrogen) atoms. The number of imidazole rings is 1. The van der Waals surface area contributed by atoms with Crippen LogP contribution in [0.5, 0.6) is 0 Å². The fourth-order valence-electron chi connectivity index (χ4n) is 2.49. The van der Waals surface area contributed by atoms with Gasteiger partial charge < -0.3 is 5.11 Å². The van der Waals surface area contributed by atoms with Crippen LogP contribution < -0.4 is 5.69 Å². The van der Waals surface area contributed by atoms with E-state index in [1.165, 1.54) is 0 Å². The van der Waals surface area contributed by atoms with Crippen molar-refractivity contribution in [3.05, 3.63) is 70.6 Å². The van der Waals surface area contributed by atoms with Crippen LogP contribution in [-0.4, -0.2) is 14.2 Å². The summed E-state index contributed by atoms with van der Waals surface area (Å²) in [6.45, 7) is 0.254. The number of benzene rings is 2. The summed E-state index contributed by atoms with van der Waals surface area (Å²) >= 11 is 0. The summed E-state index contributed by atoms with van der Waals surface area (Å²) in [5.41, 5.74) is 2.42. The molecule has 0 fully saturated rings. The smallest absolute Gasteiger partial charge is 0.328 e. The summed E-state index contributed by atoms with van der Waals surface area (Å²) in [6.07, 6.45) is -0.695. The van der Waals surface area contributed by atoms with Gasteiger partial charge in [0.05, 0.1) is 23.7 Å². The fourth-order valence-corrected chi connectivity index (χ4v) is 2.49. The van der Waals surface area contributed by atoms with Gasteiger partial charge in [0.1, 0.15) is 0 Å². The summed E-state index contributed by atoms with van der Waals surface area (Å²) in [5, 5.41) is 10.3. The van der Waals surface area contributed by atoms with E-state index in [0.29, 0.717) is 0 Å². The van der Waals surface area contributed by atoms with E-state index in [4.69, 9.17) is 0 Å². The van der Waals surface area contributed by atoms with E-state index in [1.807, 2.05) is 54.6 Å². The third-order valence-electron chi connectivity index (χ3n) is 3.59. The maximum Gasteiger partial charge on any atom is 0.328 e. The molecule has 4 nitrogen and oxygen atoms in total. The van der Waals surface area contributed by atoms with E-state index < -0.39 is 6.10 Å². The first-order chi connectivity index (χ1) is 9.68. The molecule has 1 N–H and O–H groups in total. The highest BCUT2D eigenvalue weighted by molar-refractivity contribution is 5.75. The van der Waals surface area contributed by atoms with E-state index >= 15 is 0 Å². The maximum absolute atomic E-state index is 12.3. The molecule has 3 aromatic rings. The van der Waals surface area contributed by atoms with Crippen molar-refractivity contribution < 1.29 is 5.11 Å². The molecule has 0 saturated heterocycles. The lowest BCUT2D eigenvalue weighted by Crippen LogP contribution is -2.24. The molecule has 102 valence electrons. The Labute approximate surface area is 116 Å². The number of para-hydroxylation sites is 2. The predicted molar refractivity (Wildman–Crippen MR) is 78.6 cm³/mol. The van der Waals surface area contributed by atoms with Gasteiger partial charge in [-0.1, -0.05) is 42.5 Å². The zero-order valence-electron chi connectivity index (χ0n) is 11.2. The zero-order chi connectivity index (χ0) is 14.1. The Morgan fingerprint density at radius 1 is 1.00 bits per heavy atom. The van der Waals surface area contributed by atoms with Crippen LogP contribution in [0.15, 0.2) is 59.4 Å². The standard InChI is InChI=1S/C16H16N2O2/c1-17-13-9-5-6-10-14(13)18(16(17)20)11-15(19)12-7-3-2-4-8-12/h2-10,15,19H,11H2,1H3. The van der Waals surface area contributed by atoms with Crippen molar-refractivity contribution in [2.75, 3.05) is 0 Å². The third kappa shape index (κ3) is 2.04. The molecule has 1 unspecified atom stereocenters. The Hall–Kier alpha value is -2.33. The number of aliphatic hydroxyl groups excluding tert-OH is 1. The van der Waals surface area contributed by atoms with E-state index in [0.717, 1.165) is 16.6 Å². The van der Waals surface area contributed by atoms with Gasteiger partial charge in [-0.2, -0.15) is 0 Å². The van der Waals surface area contributed by atoms with Crippen molar-refractivity contribution in [1.82, 2.24) is 9.13 Å². The first kappa shape index (κ1) is 12.7. The highest BCUT2D eigenvalue weighted by Crippen LogP contribution is 2.17. The number of aliphatic hydroxyl groups is 1. The monoisotopic (exact) mass is 268 g/mol. The quantitative estimate of drug-likeness (QED) is 0.790. The summed E-state index contributed by atoms with van der Waals surface area (Å²) in [5.74, 6) is 0. The van der Waals surface area contributed by atoms with Gasteiger partial charge in [0.25, 0.3) is 0 Å². The average Bonchev–Trinajstić information content (AvgIpc) is 2.74. The molecular formula is C16H16N2O2. The second-order valence-corrected chi connectivity index (χ2v) is 4.87. The van der Waals surface area contributed by atoms with Crippen molar-refractivity contribution in [3.63, 3.8) is 0 Å². The number of aromatic nitrogens is 2. The maximum atomic E-state index is 12.3. The van der Waals surface area contributed by atoms with Gasteiger partial charge in [0.2, 0.25) is 0 Å². The van der Waals surface area contributed by atoms with Crippen molar-refractivity contribution in [2.45, 2.75) is 12.6 Å². The molecule has 2 aromatic carbocycles. The second-order valence-electron chi connectivity index (χ2n) is 4.87. The average molecular weight is 268 g/mol. The van der Waals surface area contributed by atoms with Crippen LogP contribution >= 0.6 is 0 Å². The minimum atomic E-state index is -0.695. The Morgan fingerprint density at radius 2 is 1.60 bits per heavy atom. The molecule has 0 spiro atoms. The first-order valence-electron chi connectivity index (χ1n) is 6.56. The zero-order valence-corrected chi connectivity index (χ0v) is 11.2. The molecule has 4 heteroatoms. The Balaban J connectivity index is 2.04. The molecule has 0 bridgehead atoms. The van der Waals surface area contributed by atoms with Crippen molar-refractivity contribution in [1.29, 1.82) is 0 Å². The minimum Gasteiger partial charge on any atom is -0.387 e. The summed E-state index contributed by atoms with van der Waals surface area (Å²) in [7, 11) is 1.75.